The first-order chi connectivity index (χ1) is 8.99. The molecule has 13 heavy (non-hydrogen) atoms. The maximum Gasteiger partial charge on any atom is 0.156 e. The van der Waals surface area contributed by atoms with E-state index >= 15 is 0 Å². The zero-order valence-corrected chi connectivity index (χ0v) is 6.81. The van der Waals surface area contributed by atoms with Gasteiger partial charge in [0.05, 0.1) is 6.85 Å². The van der Waals surface area contributed by atoms with Crippen LogP contribution in [0.2, 0.25) is 1.41 Å². The van der Waals surface area contributed by atoms with Crippen molar-refractivity contribution in [3.63, 3.8) is 0 Å². The van der Waals surface area contributed by atoms with Crippen LogP contribution in [0, 0.1) is 0 Å². The fourth-order valence-electron chi connectivity index (χ4n) is 1.09. The highest BCUT2D eigenvalue weighted by Crippen LogP contribution is 2.24. The topological polar surface area (TPSA) is 26.0 Å². The minimum absolute atomic E-state index is 0.0985. The fourth-order valence-corrected chi connectivity index (χ4v) is 1.09. The zero-order chi connectivity index (χ0) is 14.2. The first-order valence-corrected chi connectivity index (χ1v) is 3.83. The molecule has 0 heterocycles. The molecular weight excluding hydrogens is 158 g/mol. The molecule has 0 aromatic heterocycles. The van der Waals surface area contributed by atoms with E-state index in [1.165, 1.54) is 0 Å². The lowest BCUT2D eigenvalue weighted by molar-refractivity contribution is 1.61. The Bertz CT molecular complexity index is 611. The summed E-state index contributed by atoms with van der Waals surface area (Å²) < 4.78 is 45.8. The smallest absolute Gasteiger partial charge is 0.156 e. The van der Waals surface area contributed by atoms with Gasteiger partial charge in [0.2, 0.25) is 0 Å². The summed E-state index contributed by atoms with van der Waals surface area (Å²) in [5, 5.41) is 0. The predicted molar refractivity (Wildman–Crippen MR) is 56.3 cm³/mol. The van der Waals surface area contributed by atoms with E-state index in [-0.39, 0.29) is 29.7 Å². The summed E-state index contributed by atoms with van der Waals surface area (Å²) in [6.45, 7) is 0. The SMILES string of the molecule is [2H]Nc1ccccc1-c1c([2H])c([2H])c([2H])c([2H])c1[2H]. The molecule has 0 fully saturated rings. The lowest BCUT2D eigenvalue weighted by Crippen LogP contribution is -1.88. The van der Waals surface area contributed by atoms with Crippen LogP contribution in [0.25, 0.3) is 11.1 Å². The number of nitrogens with two attached hydrogens (primary N) is 1. The van der Waals surface area contributed by atoms with E-state index < -0.39 is 6.04 Å². The Balaban J connectivity index is 2.83. The van der Waals surface area contributed by atoms with Crippen molar-refractivity contribution in [2.24, 2.45) is 0 Å². The highest BCUT2D eigenvalue weighted by Gasteiger charge is 1.98. The van der Waals surface area contributed by atoms with Crippen LogP contribution < -0.4 is 5.73 Å². The first kappa shape index (κ1) is 3.54. The van der Waals surface area contributed by atoms with Crippen LogP contribution in [0.15, 0.2) is 54.5 Å². The molecule has 64 valence electrons. The molecular formula is C12H11N. The predicted octanol–water partition coefficient (Wildman–Crippen LogP) is 2.94. The van der Waals surface area contributed by atoms with E-state index in [2.05, 4.69) is 5.73 Å². The number of para-hydroxylation sites is 1. The molecule has 0 unspecified atom stereocenters. The first-order valence-electron chi connectivity index (χ1n) is 6.83. The summed E-state index contributed by atoms with van der Waals surface area (Å²) in [4.78, 5) is 0. The standard InChI is InChI=1S/C12H11N/c13-12-9-5-4-8-11(12)10-6-2-1-3-7-10/h1-9H,13H2/i1D,2D,3D,6D,7D/hD. The van der Waals surface area contributed by atoms with Gasteiger partial charge in [-0.3, -0.25) is 0 Å². The van der Waals surface area contributed by atoms with E-state index in [4.69, 9.17) is 8.27 Å². The second-order valence-electron chi connectivity index (χ2n) is 2.55. The Morgan fingerprint density at radius 1 is 1.08 bits per heavy atom. The van der Waals surface area contributed by atoms with Crippen molar-refractivity contribution in [1.29, 1.82) is 0 Å². The van der Waals surface area contributed by atoms with Gasteiger partial charge in [-0.05, 0) is 11.6 Å². The molecule has 0 saturated heterocycles. The number of hydrogen-bond acceptors (Lipinski definition) is 1. The van der Waals surface area contributed by atoms with Gasteiger partial charge >= 0.3 is 0 Å². The van der Waals surface area contributed by atoms with Crippen molar-refractivity contribution in [1.82, 2.24) is 0 Å². The van der Waals surface area contributed by atoms with Crippen molar-refractivity contribution in [3.8, 4) is 11.1 Å². The third-order valence-electron chi connectivity index (χ3n) is 1.70. The molecule has 0 aliphatic heterocycles. The van der Waals surface area contributed by atoms with Crippen LogP contribution >= 0.6 is 0 Å². The summed E-state index contributed by atoms with van der Waals surface area (Å²) in [5.41, 5.74) is 3.12. The normalized spacial score (nSPS) is 16.0. The van der Waals surface area contributed by atoms with Gasteiger partial charge in [0.25, 0.3) is 0 Å². The van der Waals surface area contributed by atoms with E-state index in [0.29, 0.717) is 11.3 Å². The van der Waals surface area contributed by atoms with Crippen LogP contribution in [-0.2, 0) is 0 Å². The molecule has 0 bridgehead atoms. The average Bonchev–Trinajstić information content (AvgIpc) is 2.44. The second-order valence-corrected chi connectivity index (χ2v) is 2.55. The maximum absolute atomic E-state index is 7.88. The number of rotatable bonds is 2. The fraction of sp³-hybridized carbons (Fsp3) is 0. The second kappa shape index (κ2) is 3.31. The van der Waals surface area contributed by atoms with Gasteiger partial charge in [-0.1, -0.05) is 48.4 Å². The third-order valence-corrected chi connectivity index (χ3v) is 1.70. The van der Waals surface area contributed by atoms with Gasteiger partial charge < -0.3 is 5.73 Å². The largest absolute Gasteiger partial charge is 0.398 e. The lowest BCUT2D eigenvalue weighted by atomic mass is 10.0. The monoisotopic (exact) mass is 175 g/mol. The van der Waals surface area contributed by atoms with Gasteiger partial charge in [0.1, 0.15) is 0 Å². The summed E-state index contributed by atoms with van der Waals surface area (Å²) in [5.74, 6) is 0. The summed E-state index contributed by atoms with van der Waals surface area (Å²) >= 11 is 0. The minimum Gasteiger partial charge on any atom is -0.398 e. The number of anilines is 1. The minimum atomic E-state index is -0.421. The number of nitrogen functional groups attached to an aromatic ring is 1. The maximum atomic E-state index is 7.88. The van der Waals surface area contributed by atoms with Crippen molar-refractivity contribution in [2.45, 2.75) is 0 Å². The molecule has 2 aromatic rings. The number of benzene rings is 2. The molecule has 0 spiro atoms. The Morgan fingerprint density at radius 3 is 2.62 bits per heavy atom. The summed E-state index contributed by atoms with van der Waals surface area (Å²) in [6, 6.07) is 4.91. The Kier molecular flexibility index (Phi) is 0.903. The van der Waals surface area contributed by atoms with Crippen LogP contribution in [0.1, 0.15) is 6.85 Å². The zero-order valence-electron chi connectivity index (χ0n) is 12.8. The molecule has 0 aliphatic rings. The van der Waals surface area contributed by atoms with Crippen molar-refractivity contribution >= 4 is 5.69 Å². The van der Waals surface area contributed by atoms with Crippen LogP contribution in [-0.4, -0.2) is 0 Å². The Morgan fingerprint density at radius 2 is 1.85 bits per heavy atom. The molecule has 0 saturated carbocycles. The number of hydrogen-bond donors (Lipinski definition) is 1. The van der Waals surface area contributed by atoms with Gasteiger partial charge in [0.15, 0.2) is 1.41 Å². The lowest BCUT2D eigenvalue weighted by Gasteiger charge is -2.03. The molecule has 0 amide bonds. The van der Waals surface area contributed by atoms with Crippen LogP contribution in [0.3, 0.4) is 0 Å². The summed E-state index contributed by atoms with van der Waals surface area (Å²) in [6.07, 6.45) is 0. The third kappa shape index (κ3) is 1.54. The van der Waals surface area contributed by atoms with Crippen molar-refractivity contribution in [2.75, 3.05) is 5.73 Å². The van der Waals surface area contributed by atoms with Gasteiger partial charge in [-0.25, -0.2) is 0 Å². The van der Waals surface area contributed by atoms with E-state index in [1.54, 1.807) is 24.3 Å². The van der Waals surface area contributed by atoms with Gasteiger partial charge in [-0.2, -0.15) is 0 Å². The molecule has 1 heteroatoms. The quantitative estimate of drug-likeness (QED) is 0.698. The van der Waals surface area contributed by atoms with Gasteiger partial charge in [0, 0.05) is 11.3 Å². The molecule has 0 radical (unpaired) electrons. The van der Waals surface area contributed by atoms with Gasteiger partial charge in [-0.15, -0.1) is 0 Å². The Labute approximate surface area is 86.3 Å². The van der Waals surface area contributed by atoms with Crippen LogP contribution in [0.5, 0.6) is 0 Å². The highest BCUT2D eigenvalue weighted by molar-refractivity contribution is 5.75. The van der Waals surface area contributed by atoms with E-state index in [9.17, 15) is 0 Å². The molecule has 2 rings (SSSR count). The molecule has 2 N–H and O–H groups in total. The van der Waals surface area contributed by atoms with Crippen molar-refractivity contribution in [3.05, 3.63) is 54.5 Å². The van der Waals surface area contributed by atoms with E-state index in [0.717, 1.165) is 0 Å². The molecule has 0 atom stereocenters. The van der Waals surface area contributed by atoms with Crippen LogP contribution in [0.4, 0.5) is 5.69 Å². The van der Waals surface area contributed by atoms with E-state index in [1.807, 2.05) is 0 Å². The molecule has 1 nitrogen and oxygen atoms in total. The highest BCUT2D eigenvalue weighted by atomic mass is 14.6. The summed E-state index contributed by atoms with van der Waals surface area (Å²) in [7, 11) is 0. The van der Waals surface area contributed by atoms with Crippen molar-refractivity contribution < 1.29 is 8.27 Å². The Hall–Kier alpha value is -1.76. The molecule has 0 aliphatic carbocycles. The average molecular weight is 175 g/mol. The molecule has 2 aromatic carbocycles.